The Kier molecular flexibility index (Phi) is 4.32. The van der Waals surface area contributed by atoms with Crippen molar-refractivity contribution >= 4 is 22.6 Å². The summed E-state index contributed by atoms with van der Waals surface area (Å²) in [4.78, 5) is 25.9. The van der Waals surface area contributed by atoms with Gasteiger partial charge >= 0.3 is 5.63 Å². The minimum Gasteiger partial charge on any atom is -0.423 e. The highest BCUT2D eigenvalue weighted by Crippen LogP contribution is 2.44. The van der Waals surface area contributed by atoms with Crippen LogP contribution in [0.25, 0.3) is 11.0 Å². The number of carbonyl (C=O) groups excluding carboxylic acids is 1. The Hall–Kier alpha value is -2.92. The van der Waals surface area contributed by atoms with Crippen LogP contribution in [0.2, 0.25) is 0 Å². The van der Waals surface area contributed by atoms with E-state index in [0.29, 0.717) is 5.58 Å². The standard InChI is InChI=1S/C22H22N2O3/c1-13-17(12-15-6-4-3-5-7-15)22(23)21-16-8-11-20(26)27-19(16)10-9-18(21)24(13)14(2)25/h3-11,13,17,22H,12,23H2,1-2H3/t13-,17+,22?/m1/s1. The van der Waals surface area contributed by atoms with Crippen LogP contribution in [0.15, 0.2) is 63.8 Å². The lowest BCUT2D eigenvalue weighted by molar-refractivity contribution is -0.117. The van der Waals surface area contributed by atoms with E-state index in [0.717, 1.165) is 23.1 Å². The molecule has 5 nitrogen and oxygen atoms in total. The molecule has 1 aliphatic rings. The third-order valence-electron chi connectivity index (χ3n) is 5.56. The molecule has 2 N–H and O–H groups in total. The first-order valence-corrected chi connectivity index (χ1v) is 9.13. The molecule has 2 aromatic carbocycles. The first kappa shape index (κ1) is 17.5. The highest BCUT2D eigenvalue weighted by molar-refractivity contribution is 5.98. The van der Waals surface area contributed by atoms with Crippen molar-refractivity contribution in [2.75, 3.05) is 4.90 Å². The fraction of sp³-hybridized carbons (Fsp3) is 0.273. The predicted octanol–water partition coefficient (Wildman–Crippen LogP) is 3.41. The number of benzene rings is 2. The average molecular weight is 362 g/mol. The molecular formula is C22H22N2O3. The van der Waals surface area contributed by atoms with E-state index in [-0.39, 0.29) is 23.9 Å². The molecule has 1 aliphatic heterocycles. The molecule has 1 aromatic heterocycles. The second-order valence-electron chi connectivity index (χ2n) is 7.17. The van der Waals surface area contributed by atoms with Gasteiger partial charge in [0.15, 0.2) is 0 Å². The molecule has 0 saturated heterocycles. The van der Waals surface area contributed by atoms with Crippen molar-refractivity contribution in [2.45, 2.75) is 32.4 Å². The number of hydrogen-bond donors (Lipinski definition) is 1. The van der Waals surface area contributed by atoms with Crippen molar-refractivity contribution in [2.24, 2.45) is 11.7 Å². The van der Waals surface area contributed by atoms with Gasteiger partial charge in [0, 0.05) is 47.6 Å². The molecule has 3 atom stereocenters. The maximum absolute atomic E-state index is 12.5. The van der Waals surface area contributed by atoms with E-state index in [9.17, 15) is 9.59 Å². The third kappa shape index (κ3) is 2.94. The first-order valence-electron chi connectivity index (χ1n) is 9.13. The summed E-state index contributed by atoms with van der Waals surface area (Å²) in [6.07, 6.45) is 0.763. The van der Waals surface area contributed by atoms with Crippen LogP contribution in [0.4, 0.5) is 5.69 Å². The van der Waals surface area contributed by atoms with Crippen LogP contribution in [0.5, 0.6) is 0 Å². The normalized spacial score (nSPS) is 21.9. The first-order chi connectivity index (χ1) is 13.0. The van der Waals surface area contributed by atoms with Crippen molar-refractivity contribution < 1.29 is 9.21 Å². The van der Waals surface area contributed by atoms with Gasteiger partial charge in [0.2, 0.25) is 5.91 Å². The van der Waals surface area contributed by atoms with Gasteiger partial charge < -0.3 is 15.1 Å². The van der Waals surface area contributed by atoms with Crippen molar-refractivity contribution in [3.05, 3.63) is 76.1 Å². The highest BCUT2D eigenvalue weighted by Gasteiger charge is 2.39. The molecule has 3 aromatic rings. The van der Waals surface area contributed by atoms with Gasteiger partial charge in [-0.2, -0.15) is 0 Å². The van der Waals surface area contributed by atoms with Crippen molar-refractivity contribution in [3.63, 3.8) is 0 Å². The average Bonchev–Trinajstić information content (AvgIpc) is 2.65. The molecule has 4 rings (SSSR count). The van der Waals surface area contributed by atoms with Crippen LogP contribution in [-0.4, -0.2) is 11.9 Å². The highest BCUT2D eigenvalue weighted by atomic mass is 16.4. The minimum atomic E-state index is -0.399. The number of rotatable bonds is 2. The summed E-state index contributed by atoms with van der Waals surface area (Å²) in [5.41, 5.74) is 9.68. The van der Waals surface area contributed by atoms with E-state index in [1.807, 2.05) is 36.1 Å². The van der Waals surface area contributed by atoms with E-state index in [1.165, 1.54) is 11.6 Å². The van der Waals surface area contributed by atoms with Crippen LogP contribution in [-0.2, 0) is 11.2 Å². The Balaban J connectivity index is 1.89. The topological polar surface area (TPSA) is 76.5 Å². The molecule has 0 spiro atoms. The van der Waals surface area contributed by atoms with Gasteiger partial charge in [-0.05, 0) is 37.1 Å². The summed E-state index contributed by atoms with van der Waals surface area (Å²) in [5, 5.41) is 0.788. The Bertz CT molecular complexity index is 1060. The van der Waals surface area contributed by atoms with Gasteiger partial charge in [0.05, 0.1) is 0 Å². The summed E-state index contributed by atoms with van der Waals surface area (Å²) in [6, 6.07) is 16.6. The second-order valence-corrected chi connectivity index (χ2v) is 7.17. The maximum Gasteiger partial charge on any atom is 0.336 e. The molecule has 0 aliphatic carbocycles. The van der Waals surface area contributed by atoms with E-state index < -0.39 is 5.63 Å². The zero-order valence-electron chi connectivity index (χ0n) is 15.4. The number of nitrogens with two attached hydrogens (primary N) is 1. The quantitative estimate of drug-likeness (QED) is 0.709. The van der Waals surface area contributed by atoms with Crippen LogP contribution in [0.1, 0.15) is 31.0 Å². The largest absolute Gasteiger partial charge is 0.423 e. The van der Waals surface area contributed by atoms with Crippen LogP contribution >= 0.6 is 0 Å². The van der Waals surface area contributed by atoms with Crippen LogP contribution in [0, 0.1) is 5.92 Å². The van der Waals surface area contributed by atoms with Crippen LogP contribution < -0.4 is 16.3 Å². The van der Waals surface area contributed by atoms with E-state index in [4.69, 9.17) is 10.2 Å². The van der Waals surface area contributed by atoms with Gasteiger partial charge in [0.1, 0.15) is 5.58 Å². The molecule has 138 valence electrons. The molecule has 0 fully saturated rings. The number of nitrogens with zero attached hydrogens (tertiary/aromatic N) is 1. The van der Waals surface area contributed by atoms with Gasteiger partial charge in [-0.25, -0.2) is 4.79 Å². The summed E-state index contributed by atoms with van der Waals surface area (Å²) in [6.45, 7) is 3.62. The molecule has 27 heavy (non-hydrogen) atoms. The summed E-state index contributed by atoms with van der Waals surface area (Å²) in [5.74, 6) is 0.0202. The van der Waals surface area contributed by atoms with Crippen molar-refractivity contribution in [1.29, 1.82) is 0 Å². The second kappa shape index (κ2) is 6.67. The number of amides is 1. The number of anilines is 1. The van der Waals surface area contributed by atoms with Crippen molar-refractivity contribution in [3.8, 4) is 0 Å². The minimum absolute atomic E-state index is 0.0227. The molecule has 1 amide bonds. The fourth-order valence-corrected chi connectivity index (χ4v) is 4.29. The maximum atomic E-state index is 12.5. The summed E-state index contributed by atoms with van der Waals surface area (Å²) >= 11 is 0. The molecule has 1 unspecified atom stereocenters. The molecule has 0 saturated carbocycles. The number of carbonyl (C=O) groups is 1. The lowest BCUT2D eigenvalue weighted by Crippen LogP contribution is -2.50. The lowest BCUT2D eigenvalue weighted by atomic mass is 9.77. The zero-order chi connectivity index (χ0) is 19.1. The lowest BCUT2D eigenvalue weighted by Gasteiger charge is -2.44. The molecule has 5 heteroatoms. The summed E-state index contributed by atoms with van der Waals surface area (Å²) in [7, 11) is 0. The number of fused-ring (bicyclic) bond motifs is 3. The van der Waals surface area contributed by atoms with Gasteiger partial charge in [-0.3, -0.25) is 4.79 Å². The fourth-order valence-electron chi connectivity index (χ4n) is 4.29. The zero-order valence-corrected chi connectivity index (χ0v) is 15.4. The predicted molar refractivity (Wildman–Crippen MR) is 106 cm³/mol. The Morgan fingerprint density at radius 1 is 1.11 bits per heavy atom. The Morgan fingerprint density at radius 3 is 2.56 bits per heavy atom. The van der Waals surface area contributed by atoms with E-state index in [1.54, 1.807) is 19.1 Å². The molecular weight excluding hydrogens is 340 g/mol. The Labute approximate surface area is 157 Å². The van der Waals surface area contributed by atoms with Gasteiger partial charge in [-0.15, -0.1) is 0 Å². The molecule has 0 bridgehead atoms. The number of hydrogen-bond acceptors (Lipinski definition) is 4. The Morgan fingerprint density at radius 2 is 1.85 bits per heavy atom. The SMILES string of the molecule is CC(=O)N1c2ccc3oc(=O)ccc3c2C(N)[C@@H](Cc2ccccc2)[C@H]1C. The van der Waals surface area contributed by atoms with Crippen LogP contribution in [0.3, 0.4) is 0 Å². The summed E-state index contributed by atoms with van der Waals surface area (Å²) < 4.78 is 5.34. The van der Waals surface area contributed by atoms with Crippen molar-refractivity contribution in [1.82, 2.24) is 0 Å². The van der Waals surface area contributed by atoms with Gasteiger partial charge in [-0.1, -0.05) is 30.3 Å². The van der Waals surface area contributed by atoms with E-state index in [2.05, 4.69) is 12.1 Å². The smallest absolute Gasteiger partial charge is 0.336 e. The molecule has 2 heterocycles. The third-order valence-corrected chi connectivity index (χ3v) is 5.56. The van der Waals surface area contributed by atoms with E-state index >= 15 is 0 Å². The van der Waals surface area contributed by atoms with Gasteiger partial charge in [0.25, 0.3) is 0 Å². The molecule has 0 radical (unpaired) electrons. The monoisotopic (exact) mass is 362 g/mol.